The summed E-state index contributed by atoms with van der Waals surface area (Å²) >= 11 is 6.17. The maximum absolute atomic E-state index is 14.2. The molecule has 2 aliphatic rings. The van der Waals surface area contributed by atoms with Crippen LogP contribution in [0.15, 0.2) is 57.1 Å². The van der Waals surface area contributed by atoms with Crippen LogP contribution in [0.2, 0.25) is 5.02 Å². The van der Waals surface area contributed by atoms with Gasteiger partial charge in [-0.15, -0.1) is 0 Å². The Morgan fingerprint density at radius 1 is 1.05 bits per heavy atom. The number of carbonyl (C=O) groups excluding carboxylic acids is 2. The molecule has 3 aromatic rings. The molecule has 1 unspecified atom stereocenters. The maximum atomic E-state index is 14.2. The molecule has 1 atom stereocenters. The van der Waals surface area contributed by atoms with Crippen LogP contribution in [-0.2, 0) is 39.8 Å². The Bertz CT molecular complexity index is 1730. The number of halogens is 2. The third-order valence-electron chi connectivity index (χ3n) is 8.30. The van der Waals surface area contributed by atoms with Crippen molar-refractivity contribution in [2.24, 2.45) is 0 Å². The first kappa shape index (κ1) is 30.9. The fraction of sp³-hybridized carbons (Fsp3) is 0.419. The van der Waals surface area contributed by atoms with Gasteiger partial charge in [0.15, 0.2) is 0 Å². The molecule has 0 radical (unpaired) electrons. The number of piperidine rings is 1. The largest absolute Gasteiger partial charge is 0.341 e. The molecule has 1 saturated heterocycles. The van der Waals surface area contributed by atoms with Crippen LogP contribution >= 0.6 is 11.6 Å². The second-order valence-electron chi connectivity index (χ2n) is 11.3. The summed E-state index contributed by atoms with van der Waals surface area (Å²) in [5, 5.41) is -0.236. The summed E-state index contributed by atoms with van der Waals surface area (Å²) in [6, 6.07) is 9.23. The number of fused-ring (bicyclic) bond motifs is 1. The molecule has 5 rings (SSSR count). The van der Waals surface area contributed by atoms with Gasteiger partial charge in [-0.3, -0.25) is 27.7 Å². The minimum atomic E-state index is -1.09. The Balaban J connectivity index is 1.30. The van der Waals surface area contributed by atoms with Crippen molar-refractivity contribution in [1.29, 1.82) is 0 Å². The van der Waals surface area contributed by atoms with Crippen LogP contribution in [0.3, 0.4) is 0 Å². The lowest BCUT2D eigenvalue weighted by molar-refractivity contribution is -0.136. The number of carbonyl (C=O) groups is 2. The minimum absolute atomic E-state index is 0.0158. The van der Waals surface area contributed by atoms with E-state index < -0.39 is 33.9 Å². The average Bonchev–Trinajstić information content (AvgIpc) is 3.13. The molecule has 2 amide bonds. The van der Waals surface area contributed by atoms with Crippen LogP contribution in [0.4, 0.5) is 4.39 Å². The first-order valence-electron chi connectivity index (χ1n) is 14.3. The van der Waals surface area contributed by atoms with Crippen molar-refractivity contribution in [2.75, 3.05) is 25.9 Å². The number of aromatic nitrogens is 2. The second-order valence-corrected chi connectivity index (χ2v) is 13.1. The Kier molecular flexibility index (Phi) is 9.03. The van der Waals surface area contributed by atoms with Crippen molar-refractivity contribution in [1.82, 2.24) is 18.9 Å². The molecule has 0 aliphatic carbocycles. The predicted octanol–water partition coefficient (Wildman–Crippen LogP) is 3.41. The first-order valence-corrected chi connectivity index (χ1v) is 16.2. The number of benzene rings is 2. The van der Waals surface area contributed by atoms with Crippen LogP contribution in [0.1, 0.15) is 43.9 Å². The van der Waals surface area contributed by atoms with Gasteiger partial charge in [0, 0.05) is 65.4 Å². The normalized spacial score (nSPS) is 16.7. The lowest BCUT2D eigenvalue weighted by Gasteiger charge is -2.38. The summed E-state index contributed by atoms with van der Waals surface area (Å²) in [4.78, 5) is 57.4. The Hall–Kier alpha value is -3.57. The standard InChI is InChI=1S/C31H34ClFN4O5S/c1-19(2)37-30(40)25(24-5-4-6-26(33)29(24)32)17-35(31(37)41)18-28(39)34-12-10-22(11-13-34)36-14-9-21-15-23(43(3)42)8-7-20(21)16-27(36)38/h4-8,15,17,19,22H,9-14,16,18H2,1-3H3. The van der Waals surface area contributed by atoms with Crippen molar-refractivity contribution < 1.29 is 18.2 Å². The summed E-state index contributed by atoms with van der Waals surface area (Å²) in [5.41, 5.74) is 0.934. The number of hydrogen-bond acceptors (Lipinski definition) is 5. The zero-order valence-corrected chi connectivity index (χ0v) is 25.9. The zero-order chi connectivity index (χ0) is 31.0. The van der Waals surface area contributed by atoms with Gasteiger partial charge < -0.3 is 9.80 Å². The van der Waals surface area contributed by atoms with Gasteiger partial charge in [0.1, 0.15) is 12.4 Å². The van der Waals surface area contributed by atoms with E-state index in [2.05, 4.69) is 0 Å². The van der Waals surface area contributed by atoms with Crippen LogP contribution in [0.5, 0.6) is 0 Å². The van der Waals surface area contributed by atoms with Crippen LogP contribution < -0.4 is 11.2 Å². The van der Waals surface area contributed by atoms with Crippen LogP contribution in [-0.4, -0.2) is 66.9 Å². The van der Waals surface area contributed by atoms with E-state index in [0.29, 0.717) is 38.9 Å². The Morgan fingerprint density at radius 3 is 2.44 bits per heavy atom. The molecular formula is C31H34ClFN4O5S. The highest BCUT2D eigenvalue weighted by atomic mass is 35.5. The molecule has 1 aromatic heterocycles. The van der Waals surface area contributed by atoms with E-state index in [9.17, 15) is 27.8 Å². The van der Waals surface area contributed by atoms with Crippen molar-refractivity contribution in [3.63, 3.8) is 0 Å². The van der Waals surface area contributed by atoms with E-state index in [1.54, 1.807) is 25.0 Å². The summed E-state index contributed by atoms with van der Waals surface area (Å²) in [5.74, 6) is -0.944. The molecule has 0 saturated carbocycles. The Morgan fingerprint density at radius 2 is 1.77 bits per heavy atom. The summed E-state index contributed by atoms with van der Waals surface area (Å²) in [6.45, 7) is 4.46. The minimum Gasteiger partial charge on any atom is -0.341 e. The summed E-state index contributed by atoms with van der Waals surface area (Å²) < 4.78 is 28.4. The van der Waals surface area contributed by atoms with Crippen molar-refractivity contribution in [2.45, 2.75) is 63.1 Å². The van der Waals surface area contributed by atoms with Crippen molar-refractivity contribution in [3.8, 4) is 11.1 Å². The van der Waals surface area contributed by atoms with E-state index >= 15 is 0 Å². The van der Waals surface area contributed by atoms with Gasteiger partial charge in [-0.1, -0.05) is 29.8 Å². The van der Waals surface area contributed by atoms with Gasteiger partial charge in [0.25, 0.3) is 5.56 Å². The molecular weight excluding hydrogens is 595 g/mol. The van der Waals surface area contributed by atoms with E-state index in [-0.39, 0.29) is 47.0 Å². The van der Waals surface area contributed by atoms with Gasteiger partial charge in [0.2, 0.25) is 11.8 Å². The fourth-order valence-electron chi connectivity index (χ4n) is 5.96. The van der Waals surface area contributed by atoms with Gasteiger partial charge in [-0.25, -0.2) is 9.18 Å². The highest BCUT2D eigenvalue weighted by Gasteiger charge is 2.32. The molecule has 1 fully saturated rings. The smallest absolute Gasteiger partial charge is 0.331 e. The van der Waals surface area contributed by atoms with E-state index in [4.69, 9.17) is 11.6 Å². The summed E-state index contributed by atoms with van der Waals surface area (Å²) in [6.07, 6.45) is 5.09. The lowest BCUT2D eigenvalue weighted by Crippen LogP contribution is -2.50. The van der Waals surface area contributed by atoms with Gasteiger partial charge in [0.05, 0.1) is 17.0 Å². The molecule has 3 heterocycles. The molecule has 0 bridgehead atoms. The SMILES string of the molecule is CC(C)n1c(=O)c(-c2cccc(F)c2Cl)cn(CC(=O)N2CCC(N3CCc4cc(S(C)=O)ccc4CC3=O)CC2)c1=O. The molecule has 2 aromatic carbocycles. The Labute approximate surface area is 256 Å². The zero-order valence-electron chi connectivity index (χ0n) is 24.3. The maximum Gasteiger partial charge on any atom is 0.331 e. The second kappa shape index (κ2) is 12.6. The third kappa shape index (κ3) is 6.24. The molecule has 43 heavy (non-hydrogen) atoms. The van der Waals surface area contributed by atoms with Gasteiger partial charge in [-0.2, -0.15) is 0 Å². The molecule has 2 aliphatic heterocycles. The number of likely N-dealkylation sites (tertiary alicyclic amines) is 1. The van der Waals surface area contributed by atoms with Crippen molar-refractivity contribution in [3.05, 3.63) is 85.4 Å². The highest BCUT2D eigenvalue weighted by Crippen LogP contribution is 2.28. The number of rotatable bonds is 6. The fourth-order valence-corrected chi connectivity index (χ4v) is 6.76. The van der Waals surface area contributed by atoms with E-state index in [1.165, 1.54) is 29.0 Å². The molecule has 0 spiro atoms. The number of hydrogen-bond donors (Lipinski definition) is 0. The molecule has 0 N–H and O–H groups in total. The third-order valence-corrected chi connectivity index (χ3v) is 9.60. The highest BCUT2D eigenvalue weighted by molar-refractivity contribution is 7.84. The van der Waals surface area contributed by atoms with Gasteiger partial charge >= 0.3 is 5.69 Å². The lowest BCUT2D eigenvalue weighted by atomic mass is 10.0. The first-order chi connectivity index (χ1) is 20.5. The van der Waals surface area contributed by atoms with Crippen LogP contribution in [0.25, 0.3) is 11.1 Å². The van der Waals surface area contributed by atoms with Crippen LogP contribution in [0, 0.1) is 5.82 Å². The molecule has 228 valence electrons. The number of nitrogens with zero attached hydrogens (tertiary/aromatic N) is 4. The summed E-state index contributed by atoms with van der Waals surface area (Å²) in [7, 11) is -1.09. The van der Waals surface area contributed by atoms with Crippen molar-refractivity contribution >= 4 is 34.2 Å². The topological polar surface area (TPSA) is 102 Å². The molecule has 9 nitrogen and oxygen atoms in total. The molecule has 12 heteroatoms. The van der Waals surface area contributed by atoms with E-state index in [0.717, 1.165) is 20.6 Å². The predicted molar refractivity (Wildman–Crippen MR) is 163 cm³/mol. The van der Waals surface area contributed by atoms with Gasteiger partial charge in [-0.05, 0) is 62.4 Å². The average molecular weight is 629 g/mol. The van der Waals surface area contributed by atoms with E-state index in [1.807, 2.05) is 23.1 Å². The quantitative estimate of drug-likeness (QED) is 0.417. The monoisotopic (exact) mass is 628 g/mol. The number of amides is 2.